The highest BCUT2D eigenvalue weighted by atomic mass is 16.1. The van der Waals surface area contributed by atoms with Crippen LogP contribution in [0.3, 0.4) is 0 Å². The summed E-state index contributed by atoms with van der Waals surface area (Å²) in [6.07, 6.45) is 5.32. The zero-order chi connectivity index (χ0) is 10.2. The predicted octanol–water partition coefficient (Wildman–Crippen LogP) is 0.226. The lowest BCUT2D eigenvalue weighted by atomic mass is 9.82. The number of H-pyrrole nitrogens is 1. The summed E-state index contributed by atoms with van der Waals surface area (Å²) < 4.78 is 1.52. The molecule has 0 aliphatic heterocycles. The topological polar surface area (TPSA) is 76.7 Å². The van der Waals surface area contributed by atoms with Crippen LogP contribution in [0.2, 0.25) is 0 Å². The van der Waals surface area contributed by atoms with Crippen molar-refractivity contribution in [3.05, 3.63) is 16.3 Å². The zero-order valence-corrected chi connectivity index (χ0v) is 8.42. The van der Waals surface area contributed by atoms with E-state index in [1.165, 1.54) is 11.0 Å². The molecule has 0 radical (unpaired) electrons. The van der Waals surface area contributed by atoms with Crippen molar-refractivity contribution in [1.29, 1.82) is 0 Å². The van der Waals surface area contributed by atoms with Crippen LogP contribution in [0.15, 0.2) is 4.79 Å². The molecule has 0 spiro atoms. The molecule has 0 aromatic carbocycles. The molecule has 3 N–H and O–H groups in total. The molecule has 5 nitrogen and oxygen atoms in total. The summed E-state index contributed by atoms with van der Waals surface area (Å²) in [5.41, 5.74) is 5.67. The molecule has 14 heavy (non-hydrogen) atoms. The van der Waals surface area contributed by atoms with E-state index in [1.807, 2.05) is 0 Å². The van der Waals surface area contributed by atoms with Gasteiger partial charge < -0.3 is 5.73 Å². The Hall–Kier alpha value is -1.10. The standard InChI is InChI=1S/C9H16N4O/c1-13-7(11-12-8(13)14)9(10)5-3-2-4-6-9/h2-6,10H2,1H3,(H,12,14). The number of nitrogens with two attached hydrogens (primary N) is 1. The number of rotatable bonds is 1. The third-order valence-electron chi connectivity index (χ3n) is 3.07. The van der Waals surface area contributed by atoms with Crippen molar-refractivity contribution in [3.8, 4) is 0 Å². The predicted molar refractivity (Wildman–Crippen MR) is 52.8 cm³/mol. The highest BCUT2D eigenvalue weighted by molar-refractivity contribution is 5.05. The van der Waals surface area contributed by atoms with Crippen LogP contribution in [-0.2, 0) is 12.6 Å². The van der Waals surface area contributed by atoms with Gasteiger partial charge in [0.15, 0.2) is 5.82 Å². The lowest BCUT2D eigenvalue weighted by Crippen LogP contribution is -2.41. The van der Waals surface area contributed by atoms with Gasteiger partial charge in [0.25, 0.3) is 0 Å². The average molecular weight is 196 g/mol. The molecule has 1 aromatic heterocycles. The van der Waals surface area contributed by atoms with E-state index < -0.39 is 5.54 Å². The van der Waals surface area contributed by atoms with E-state index in [4.69, 9.17) is 5.73 Å². The van der Waals surface area contributed by atoms with Crippen LogP contribution < -0.4 is 11.4 Å². The van der Waals surface area contributed by atoms with Crippen molar-refractivity contribution < 1.29 is 0 Å². The summed E-state index contributed by atoms with van der Waals surface area (Å²) in [5.74, 6) is 0.696. The normalized spacial score (nSPS) is 21.0. The first-order chi connectivity index (χ1) is 6.63. The SMILES string of the molecule is Cn1c(C2(N)CCCCC2)n[nH]c1=O. The summed E-state index contributed by atoms with van der Waals surface area (Å²) in [5, 5.41) is 6.45. The van der Waals surface area contributed by atoms with Gasteiger partial charge in [0.05, 0.1) is 5.54 Å². The van der Waals surface area contributed by atoms with Crippen molar-refractivity contribution in [2.24, 2.45) is 12.8 Å². The Balaban J connectivity index is 2.37. The minimum atomic E-state index is -0.397. The van der Waals surface area contributed by atoms with Crippen LogP contribution >= 0.6 is 0 Å². The maximum absolute atomic E-state index is 11.2. The molecule has 1 saturated carbocycles. The van der Waals surface area contributed by atoms with Gasteiger partial charge in [-0.2, -0.15) is 5.10 Å². The van der Waals surface area contributed by atoms with Crippen LogP contribution in [0.4, 0.5) is 0 Å². The van der Waals surface area contributed by atoms with Crippen molar-refractivity contribution in [1.82, 2.24) is 14.8 Å². The molecular formula is C9H16N4O. The third kappa shape index (κ3) is 1.37. The van der Waals surface area contributed by atoms with E-state index in [2.05, 4.69) is 10.2 Å². The van der Waals surface area contributed by atoms with Gasteiger partial charge in [0.2, 0.25) is 0 Å². The molecule has 1 fully saturated rings. The molecule has 78 valence electrons. The monoisotopic (exact) mass is 196 g/mol. The molecule has 5 heteroatoms. The Morgan fingerprint density at radius 3 is 2.57 bits per heavy atom. The quantitative estimate of drug-likeness (QED) is 0.675. The number of hydrogen-bond donors (Lipinski definition) is 2. The van der Waals surface area contributed by atoms with Crippen LogP contribution in [0, 0.1) is 0 Å². The second-order valence-electron chi connectivity index (χ2n) is 4.13. The first-order valence-corrected chi connectivity index (χ1v) is 5.04. The van der Waals surface area contributed by atoms with E-state index in [0.29, 0.717) is 5.82 Å². The lowest BCUT2D eigenvalue weighted by Gasteiger charge is -2.31. The Labute approximate surface area is 82.3 Å². The Kier molecular flexibility index (Phi) is 2.19. The number of nitrogens with one attached hydrogen (secondary N) is 1. The van der Waals surface area contributed by atoms with E-state index >= 15 is 0 Å². The van der Waals surface area contributed by atoms with E-state index in [1.54, 1.807) is 7.05 Å². The highest BCUT2D eigenvalue weighted by Crippen LogP contribution is 2.32. The van der Waals surface area contributed by atoms with E-state index in [0.717, 1.165) is 25.7 Å². The maximum atomic E-state index is 11.2. The maximum Gasteiger partial charge on any atom is 0.343 e. The van der Waals surface area contributed by atoms with Crippen molar-refractivity contribution in [2.45, 2.75) is 37.6 Å². The Bertz CT molecular complexity index is 372. The molecule has 1 heterocycles. The van der Waals surface area contributed by atoms with Crippen LogP contribution in [0.5, 0.6) is 0 Å². The first-order valence-electron chi connectivity index (χ1n) is 5.04. The molecule has 0 saturated heterocycles. The fraction of sp³-hybridized carbons (Fsp3) is 0.778. The van der Waals surface area contributed by atoms with Gasteiger partial charge >= 0.3 is 5.69 Å². The minimum absolute atomic E-state index is 0.185. The molecular weight excluding hydrogens is 180 g/mol. The number of nitrogens with zero attached hydrogens (tertiary/aromatic N) is 2. The molecule has 1 aliphatic carbocycles. The van der Waals surface area contributed by atoms with Gasteiger partial charge in [-0.1, -0.05) is 19.3 Å². The van der Waals surface area contributed by atoms with Crippen LogP contribution in [-0.4, -0.2) is 14.8 Å². The average Bonchev–Trinajstić information content (AvgIpc) is 2.49. The molecule has 1 aliphatic rings. The molecule has 0 atom stereocenters. The lowest BCUT2D eigenvalue weighted by molar-refractivity contribution is 0.280. The summed E-state index contributed by atoms with van der Waals surface area (Å²) in [4.78, 5) is 11.2. The van der Waals surface area contributed by atoms with Gasteiger partial charge in [-0.25, -0.2) is 9.89 Å². The number of aromatic nitrogens is 3. The van der Waals surface area contributed by atoms with Crippen LogP contribution in [0.1, 0.15) is 37.9 Å². The molecule has 0 amide bonds. The first kappa shape index (κ1) is 9.45. The van der Waals surface area contributed by atoms with Crippen molar-refractivity contribution in [3.63, 3.8) is 0 Å². The Morgan fingerprint density at radius 1 is 1.43 bits per heavy atom. The minimum Gasteiger partial charge on any atom is -0.319 e. The van der Waals surface area contributed by atoms with Crippen LogP contribution in [0.25, 0.3) is 0 Å². The number of aromatic amines is 1. The zero-order valence-electron chi connectivity index (χ0n) is 8.42. The highest BCUT2D eigenvalue weighted by Gasteiger charge is 2.33. The van der Waals surface area contributed by atoms with Gasteiger partial charge in [-0.3, -0.25) is 4.57 Å². The molecule has 1 aromatic rings. The fourth-order valence-corrected chi connectivity index (χ4v) is 2.20. The van der Waals surface area contributed by atoms with Gasteiger partial charge in [-0.15, -0.1) is 0 Å². The third-order valence-corrected chi connectivity index (χ3v) is 3.07. The summed E-state index contributed by atoms with van der Waals surface area (Å²) in [7, 11) is 1.71. The van der Waals surface area contributed by atoms with Crippen molar-refractivity contribution in [2.75, 3.05) is 0 Å². The summed E-state index contributed by atoms with van der Waals surface area (Å²) >= 11 is 0. The summed E-state index contributed by atoms with van der Waals surface area (Å²) in [6.45, 7) is 0. The summed E-state index contributed by atoms with van der Waals surface area (Å²) in [6, 6.07) is 0. The Morgan fingerprint density at radius 2 is 2.07 bits per heavy atom. The smallest absolute Gasteiger partial charge is 0.319 e. The van der Waals surface area contributed by atoms with Crippen molar-refractivity contribution >= 4 is 0 Å². The van der Waals surface area contributed by atoms with Gasteiger partial charge in [-0.05, 0) is 12.8 Å². The molecule has 0 bridgehead atoms. The van der Waals surface area contributed by atoms with Gasteiger partial charge in [0, 0.05) is 7.05 Å². The molecule has 0 unspecified atom stereocenters. The van der Waals surface area contributed by atoms with Gasteiger partial charge in [0.1, 0.15) is 0 Å². The second-order valence-corrected chi connectivity index (χ2v) is 4.13. The van der Waals surface area contributed by atoms with E-state index in [9.17, 15) is 4.79 Å². The molecule has 2 rings (SSSR count). The second kappa shape index (κ2) is 3.24. The van der Waals surface area contributed by atoms with E-state index in [-0.39, 0.29) is 5.69 Å². The largest absolute Gasteiger partial charge is 0.343 e. The fourth-order valence-electron chi connectivity index (χ4n) is 2.20. The number of hydrogen-bond acceptors (Lipinski definition) is 3.